The van der Waals surface area contributed by atoms with Crippen LogP contribution in [-0.4, -0.2) is 58.5 Å². The van der Waals surface area contributed by atoms with Gasteiger partial charge in [0.25, 0.3) is 11.8 Å². The summed E-state index contributed by atoms with van der Waals surface area (Å²) in [5.41, 5.74) is 1.97. The molecular formula is C27H26FN3O3S. The number of amides is 2. The SMILES string of the molecule is CCN1CCN(C(=O)c2ccc3c(c2)N(Cc2ccc(F)cc2)C(=O)c2ccccc2S3=O)CC1. The van der Waals surface area contributed by atoms with Crippen LogP contribution in [0.25, 0.3) is 0 Å². The van der Waals surface area contributed by atoms with Crippen molar-refractivity contribution in [2.75, 3.05) is 37.6 Å². The molecule has 0 spiro atoms. The Morgan fingerprint density at radius 1 is 0.943 bits per heavy atom. The molecule has 0 saturated carbocycles. The largest absolute Gasteiger partial charge is 0.336 e. The summed E-state index contributed by atoms with van der Waals surface area (Å²) in [6, 6.07) is 17.9. The molecule has 0 aliphatic carbocycles. The van der Waals surface area contributed by atoms with Gasteiger partial charge in [0.1, 0.15) is 5.82 Å². The molecule has 1 unspecified atom stereocenters. The van der Waals surface area contributed by atoms with Crippen molar-refractivity contribution in [1.82, 2.24) is 9.80 Å². The summed E-state index contributed by atoms with van der Waals surface area (Å²) in [7, 11) is -1.60. The minimum atomic E-state index is -1.60. The maximum atomic E-state index is 13.7. The van der Waals surface area contributed by atoms with Gasteiger partial charge in [0.15, 0.2) is 0 Å². The van der Waals surface area contributed by atoms with Crippen LogP contribution in [0.3, 0.4) is 0 Å². The lowest BCUT2D eigenvalue weighted by Gasteiger charge is -2.34. The van der Waals surface area contributed by atoms with E-state index in [4.69, 9.17) is 0 Å². The van der Waals surface area contributed by atoms with E-state index in [1.165, 1.54) is 17.0 Å². The number of piperazine rings is 1. The Kier molecular flexibility index (Phi) is 6.49. The van der Waals surface area contributed by atoms with Crippen LogP contribution in [-0.2, 0) is 17.3 Å². The van der Waals surface area contributed by atoms with Gasteiger partial charge in [-0.05, 0) is 54.6 Å². The smallest absolute Gasteiger partial charge is 0.259 e. The molecule has 1 fully saturated rings. The van der Waals surface area contributed by atoms with Crippen molar-refractivity contribution in [1.29, 1.82) is 0 Å². The number of anilines is 1. The molecule has 3 aromatic rings. The minimum absolute atomic E-state index is 0.106. The molecule has 2 heterocycles. The number of carbonyl (C=O) groups is 2. The average molecular weight is 492 g/mol. The van der Waals surface area contributed by atoms with Crippen LogP contribution in [0.5, 0.6) is 0 Å². The normalized spacial score (nSPS) is 18.1. The van der Waals surface area contributed by atoms with E-state index in [1.807, 2.05) is 4.90 Å². The molecule has 35 heavy (non-hydrogen) atoms. The van der Waals surface area contributed by atoms with Gasteiger partial charge in [0.2, 0.25) is 0 Å². The molecule has 6 nitrogen and oxygen atoms in total. The van der Waals surface area contributed by atoms with Gasteiger partial charge in [0.05, 0.1) is 38.4 Å². The van der Waals surface area contributed by atoms with Crippen molar-refractivity contribution in [2.45, 2.75) is 23.3 Å². The summed E-state index contributed by atoms with van der Waals surface area (Å²) < 4.78 is 27.0. The van der Waals surface area contributed by atoms with Crippen LogP contribution in [0.2, 0.25) is 0 Å². The van der Waals surface area contributed by atoms with E-state index in [-0.39, 0.29) is 24.2 Å². The molecule has 1 saturated heterocycles. The third kappa shape index (κ3) is 4.51. The van der Waals surface area contributed by atoms with Crippen LogP contribution >= 0.6 is 0 Å². The highest BCUT2D eigenvalue weighted by Gasteiger charge is 2.32. The highest BCUT2D eigenvalue weighted by atomic mass is 32.2. The Labute approximate surface area is 206 Å². The third-order valence-corrected chi connectivity index (χ3v) is 8.12. The fraction of sp³-hybridized carbons (Fsp3) is 0.259. The lowest BCUT2D eigenvalue weighted by atomic mass is 10.1. The Morgan fingerprint density at radius 2 is 1.66 bits per heavy atom. The molecule has 0 bridgehead atoms. The minimum Gasteiger partial charge on any atom is -0.336 e. The van der Waals surface area contributed by atoms with Crippen molar-refractivity contribution in [3.63, 3.8) is 0 Å². The lowest BCUT2D eigenvalue weighted by molar-refractivity contribution is 0.0643. The second-order valence-electron chi connectivity index (χ2n) is 8.69. The number of carbonyl (C=O) groups excluding carboxylic acids is 2. The maximum absolute atomic E-state index is 13.7. The van der Waals surface area contributed by atoms with E-state index in [2.05, 4.69) is 11.8 Å². The Morgan fingerprint density at radius 3 is 2.37 bits per heavy atom. The summed E-state index contributed by atoms with van der Waals surface area (Å²) in [5.74, 6) is -0.776. The quantitative estimate of drug-likeness (QED) is 0.555. The highest BCUT2D eigenvalue weighted by molar-refractivity contribution is 7.85. The fourth-order valence-corrected chi connectivity index (χ4v) is 5.92. The van der Waals surface area contributed by atoms with Gasteiger partial charge in [-0.3, -0.25) is 9.59 Å². The monoisotopic (exact) mass is 491 g/mol. The number of nitrogens with zero attached hydrogens (tertiary/aromatic N) is 3. The van der Waals surface area contributed by atoms with Gasteiger partial charge in [-0.15, -0.1) is 0 Å². The first-order chi connectivity index (χ1) is 17.0. The summed E-state index contributed by atoms with van der Waals surface area (Å²) in [5, 5.41) is 0. The van der Waals surface area contributed by atoms with Crippen molar-refractivity contribution in [3.8, 4) is 0 Å². The van der Waals surface area contributed by atoms with Crippen molar-refractivity contribution < 1.29 is 18.2 Å². The molecule has 3 aromatic carbocycles. The zero-order valence-corrected chi connectivity index (χ0v) is 20.3. The van der Waals surface area contributed by atoms with Crippen LogP contribution in [0.1, 0.15) is 33.2 Å². The van der Waals surface area contributed by atoms with E-state index in [0.29, 0.717) is 39.7 Å². The Hall–Kier alpha value is -3.36. The molecule has 0 radical (unpaired) electrons. The third-order valence-electron chi connectivity index (χ3n) is 6.62. The molecule has 2 amide bonds. The van der Waals surface area contributed by atoms with Crippen LogP contribution in [0.4, 0.5) is 10.1 Å². The highest BCUT2D eigenvalue weighted by Crippen LogP contribution is 2.36. The summed E-state index contributed by atoms with van der Waals surface area (Å²) >= 11 is 0. The van der Waals surface area contributed by atoms with Crippen molar-refractivity contribution in [2.24, 2.45) is 0 Å². The molecule has 2 aliphatic rings. The zero-order valence-electron chi connectivity index (χ0n) is 19.4. The Balaban J connectivity index is 1.56. The predicted molar refractivity (Wildman–Crippen MR) is 132 cm³/mol. The topological polar surface area (TPSA) is 60.9 Å². The van der Waals surface area contributed by atoms with E-state index in [1.54, 1.807) is 54.6 Å². The molecule has 180 valence electrons. The standard InChI is InChI=1S/C27H26FN3O3S/c1-2-29-13-15-30(16-14-29)26(32)20-9-12-25-23(17-20)31(18-19-7-10-21(28)11-8-19)27(33)22-5-3-4-6-24(22)35(25)34/h3-12,17H,2,13-16,18H2,1H3. The number of likely N-dealkylation sites (N-methyl/N-ethyl adjacent to an activating group) is 1. The number of hydrogen-bond acceptors (Lipinski definition) is 4. The van der Waals surface area contributed by atoms with Gasteiger partial charge in [-0.25, -0.2) is 8.60 Å². The first-order valence-corrected chi connectivity index (χ1v) is 12.8. The number of halogens is 1. The van der Waals surface area contributed by atoms with Gasteiger partial charge in [-0.1, -0.05) is 31.2 Å². The molecule has 1 atom stereocenters. The molecule has 5 rings (SSSR count). The molecule has 2 aliphatic heterocycles. The van der Waals surface area contributed by atoms with Gasteiger partial charge >= 0.3 is 0 Å². The van der Waals surface area contributed by atoms with E-state index in [9.17, 15) is 18.2 Å². The van der Waals surface area contributed by atoms with Gasteiger partial charge < -0.3 is 14.7 Å². The molecular weight excluding hydrogens is 465 g/mol. The van der Waals surface area contributed by atoms with Crippen molar-refractivity contribution in [3.05, 3.63) is 89.2 Å². The van der Waals surface area contributed by atoms with E-state index in [0.717, 1.165) is 25.2 Å². The number of rotatable bonds is 4. The van der Waals surface area contributed by atoms with Crippen LogP contribution in [0.15, 0.2) is 76.5 Å². The maximum Gasteiger partial charge on any atom is 0.259 e. The summed E-state index contributed by atoms with van der Waals surface area (Å²) in [4.78, 5) is 33.6. The number of fused-ring (bicyclic) bond motifs is 2. The van der Waals surface area contributed by atoms with E-state index < -0.39 is 10.8 Å². The fourth-order valence-electron chi connectivity index (χ4n) is 4.58. The first-order valence-electron chi connectivity index (χ1n) is 11.7. The molecule has 0 N–H and O–H groups in total. The average Bonchev–Trinajstić information content (AvgIpc) is 2.99. The number of benzene rings is 3. The first kappa shape index (κ1) is 23.4. The van der Waals surface area contributed by atoms with Gasteiger partial charge in [0, 0.05) is 31.7 Å². The second-order valence-corrected chi connectivity index (χ2v) is 10.1. The summed E-state index contributed by atoms with van der Waals surface area (Å²) in [6.07, 6.45) is 0. The van der Waals surface area contributed by atoms with Gasteiger partial charge in [-0.2, -0.15) is 0 Å². The van der Waals surface area contributed by atoms with E-state index >= 15 is 0 Å². The lowest BCUT2D eigenvalue weighted by Crippen LogP contribution is -2.48. The van der Waals surface area contributed by atoms with Crippen LogP contribution < -0.4 is 4.90 Å². The molecule has 8 heteroatoms. The van der Waals surface area contributed by atoms with Crippen LogP contribution in [0, 0.1) is 5.82 Å². The molecule has 0 aromatic heterocycles. The summed E-state index contributed by atoms with van der Waals surface area (Å²) in [6.45, 7) is 6.13. The van der Waals surface area contributed by atoms with Crippen molar-refractivity contribution >= 4 is 28.3 Å². The zero-order chi connectivity index (χ0) is 24.5. The second kappa shape index (κ2) is 9.71. The number of hydrogen-bond donors (Lipinski definition) is 0. The Bertz CT molecular complexity index is 1300. The predicted octanol–water partition coefficient (Wildman–Crippen LogP) is 3.93.